The highest BCUT2D eigenvalue weighted by atomic mass is 35.5. The van der Waals surface area contributed by atoms with Crippen LogP contribution < -0.4 is 0 Å². The van der Waals surface area contributed by atoms with Gasteiger partial charge in [0.25, 0.3) is 0 Å². The van der Waals surface area contributed by atoms with Crippen molar-refractivity contribution in [2.75, 3.05) is 0 Å². The van der Waals surface area contributed by atoms with Crippen molar-refractivity contribution in [1.82, 2.24) is 0 Å². The number of halogens is 1. The Balaban J connectivity index is 2.30. The van der Waals surface area contributed by atoms with E-state index in [9.17, 15) is 10.1 Å². The molecule has 0 aliphatic heterocycles. The summed E-state index contributed by atoms with van der Waals surface area (Å²) in [4.78, 5) is 12.0. The summed E-state index contributed by atoms with van der Waals surface area (Å²) < 4.78 is 5.32. The Morgan fingerprint density at radius 1 is 1.14 bits per heavy atom. The van der Waals surface area contributed by atoms with Crippen molar-refractivity contribution in [2.45, 2.75) is 26.4 Å². The molecule has 0 aromatic heterocycles. The largest absolute Gasteiger partial charge is 0.456 e. The molecule has 0 amide bonds. The number of ether oxygens (including phenoxy) is 1. The van der Waals surface area contributed by atoms with Crippen molar-refractivity contribution >= 4 is 17.6 Å². The summed E-state index contributed by atoms with van der Waals surface area (Å²) >= 11 is 5.90. The molecule has 0 spiro atoms. The van der Waals surface area contributed by atoms with E-state index in [0.717, 1.165) is 11.1 Å². The first kappa shape index (κ1) is 16.1. The lowest BCUT2D eigenvalue weighted by Gasteiger charge is -2.19. The first-order chi connectivity index (χ1) is 10.3. The zero-order chi connectivity index (χ0) is 16.3. The molecule has 2 rings (SSSR count). The molecule has 0 fully saturated rings. The first-order valence-electron chi connectivity index (χ1n) is 6.83. The number of hydrogen-bond acceptors (Lipinski definition) is 3. The number of carbonyl (C=O) groups excluding carboxylic acids is 1. The van der Waals surface area contributed by atoms with Gasteiger partial charge < -0.3 is 4.74 Å². The second kappa shape index (κ2) is 6.21. The predicted octanol–water partition coefficient (Wildman–Crippen LogP) is 4.83. The van der Waals surface area contributed by atoms with Crippen LogP contribution in [0, 0.1) is 11.3 Å². The number of benzene rings is 2. The van der Waals surface area contributed by atoms with E-state index in [0.29, 0.717) is 16.1 Å². The predicted molar refractivity (Wildman–Crippen MR) is 86.8 cm³/mol. The summed E-state index contributed by atoms with van der Waals surface area (Å²) in [5.41, 5.74) is 2.08. The fourth-order valence-corrected chi connectivity index (χ4v) is 2.16. The van der Waals surface area contributed by atoms with Gasteiger partial charge in [0.15, 0.2) is 0 Å². The van der Waals surface area contributed by atoms with Crippen molar-refractivity contribution < 1.29 is 9.53 Å². The van der Waals surface area contributed by atoms with Gasteiger partial charge in [-0.3, -0.25) is 0 Å². The van der Waals surface area contributed by atoms with E-state index in [4.69, 9.17) is 16.3 Å². The number of carbonyl (C=O) groups is 1. The van der Waals surface area contributed by atoms with Gasteiger partial charge >= 0.3 is 5.97 Å². The quantitative estimate of drug-likeness (QED) is 0.746. The van der Waals surface area contributed by atoms with E-state index in [1.54, 1.807) is 42.5 Å². The maximum absolute atomic E-state index is 12.0. The fraction of sp³-hybridized carbons (Fsp3) is 0.222. The molecule has 0 saturated heterocycles. The molecule has 0 aliphatic carbocycles. The van der Waals surface area contributed by atoms with Gasteiger partial charge in [0.05, 0.1) is 17.2 Å². The smallest absolute Gasteiger partial charge is 0.338 e. The average molecular weight is 314 g/mol. The van der Waals surface area contributed by atoms with E-state index < -0.39 is 5.60 Å². The third kappa shape index (κ3) is 3.87. The number of nitrogens with zero attached hydrogens (tertiary/aromatic N) is 1. The Hall–Kier alpha value is -2.31. The Morgan fingerprint density at radius 3 is 2.32 bits per heavy atom. The molecule has 4 heteroatoms. The highest BCUT2D eigenvalue weighted by Crippen LogP contribution is 2.26. The Kier molecular flexibility index (Phi) is 4.54. The Labute approximate surface area is 135 Å². The second-order valence-electron chi connectivity index (χ2n) is 5.88. The van der Waals surface area contributed by atoms with Gasteiger partial charge in [0, 0.05) is 5.02 Å². The summed E-state index contributed by atoms with van der Waals surface area (Å²) in [6.45, 7) is 5.48. The topological polar surface area (TPSA) is 50.1 Å². The van der Waals surface area contributed by atoms with Crippen LogP contribution >= 0.6 is 11.6 Å². The van der Waals surface area contributed by atoms with Crippen LogP contribution in [0.3, 0.4) is 0 Å². The van der Waals surface area contributed by atoms with Gasteiger partial charge in [-0.05, 0) is 56.2 Å². The van der Waals surface area contributed by atoms with Gasteiger partial charge in [-0.15, -0.1) is 0 Å². The summed E-state index contributed by atoms with van der Waals surface area (Å²) in [6.07, 6.45) is 0. The number of nitriles is 1. The molecule has 0 saturated carbocycles. The molecule has 0 bridgehead atoms. The van der Waals surface area contributed by atoms with Crippen LogP contribution in [0.15, 0.2) is 42.5 Å². The maximum Gasteiger partial charge on any atom is 0.338 e. The monoisotopic (exact) mass is 313 g/mol. The summed E-state index contributed by atoms with van der Waals surface area (Å²) in [5, 5.41) is 9.71. The minimum Gasteiger partial charge on any atom is -0.456 e. The first-order valence-corrected chi connectivity index (χ1v) is 7.21. The maximum atomic E-state index is 12.0. The molecule has 0 aliphatic rings. The minimum absolute atomic E-state index is 0.365. The van der Waals surface area contributed by atoms with E-state index >= 15 is 0 Å². The van der Waals surface area contributed by atoms with Crippen molar-refractivity contribution in [2.24, 2.45) is 0 Å². The third-order valence-corrected chi connectivity index (χ3v) is 3.17. The van der Waals surface area contributed by atoms with Crippen LogP contribution in [-0.4, -0.2) is 11.6 Å². The summed E-state index contributed by atoms with van der Waals surface area (Å²) in [5.74, 6) is -0.365. The van der Waals surface area contributed by atoms with Crippen LogP contribution in [0.2, 0.25) is 5.02 Å². The van der Waals surface area contributed by atoms with Crippen LogP contribution in [0.25, 0.3) is 11.1 Å². The normalized spacial score (nSPS) is 10.9. The van der Waals surface area contributed by atoms with Crippen LogP contribution in [0.1, 0.15) is 36.7 Å². The molecule has 112 valence electrons. The molecule has 0 heterocycles. The van der Waals surface area contributed by atoms with E-state index in [-0.39, 0.29) is 5.97 Å². The van der Waals surface area contributed by atoms with Crippen molar-refractivity contribution in [3.05, 3.63) is 58.6 Å². The minimum atomic E-state index is -0.528. The molecule has 0 unspecified atom stereocenters. The lowest BCUT2D eigenvalue weighted by atomic mass is 9.99. The van der Waals surface area contributed by atoms with Crippen LogP contribution in [0.5, 0.6) is 0 Å². The Bertz CT molecular complexity index is 737. The highest BCUT2D eigenvalue weighted by Gasteiger charge is 2.17. The molecule has 2 aromatic rings. The number of hydrogen-bond donors (Lipinski definition) is 0. The molecular weight excluding hydrogens is 298 g/mol. The Morgan fingerprint density at radius 2 is 1.77 bits per heavy atom. The van der Waals surface area contributed by atoms with E-state index in [1.165, 1.54) is 0 Å². The molecule has 0 radical (unpaired) electrons. The van der Waals surface area contributed by atoms with Crippen molar-refractivity contribution in [1.29, 1.82) is 5.26 Å². The third-order valence-electron chi connectivity index (χ3n) is 2.93. The summed E-state index contributed by atoms with van der Waals surface area (Å²) in [7, 11) is 0. The van der Waals surface area contributed by atoms with Crippen LogP contribution in [-0.2, 0) is 4.74 Å². The SMILES string of the molecule is CC(C)(C)OC(=O)c1ccc(-c2ccc(Cl)cc2C#N)cc1. The van der Waals surface area contributed by atoms with Gasteiger partial charge in [0.2, 0.25) is 0 Å². The summed E-state index contributed by atoms with van der Waals surface area (Å²) in [6, 6.07) is 14.3. The van der Waals surface area contributed by atoms with Gasteiger partial charge in [-0.2, -0.15) is 5.26 Å². The average Bonchev–Trinajstić information content (AvgIpc) is 2.45. The second-order valence-corrected chi connectivity index (χ2v) is 6.32. The zero-order valence-electron chi connectivity index (χ0n) is 12.7. The number of esters is 1. The van der Waals surface area contributed by atoms with Crippen molar-refractivity contribution in [3.63, 3.8) is 0 Å². The number of rotatable bonds is 2. The van der Waals surface area contributed by atoms with Gasteiger partial charge in [-0.1, -0.05) is 29.8 Å². The molecule has 0 atom stereocenters. The standard InChI is InChI=1S/C18H16ClNO2/c1-18(2,3)22-17(21)13-6-4-12(5-7-13)16-9-8-15(19)10-14(16)11-20/h4-10H,1-3H3. The van der Waals surface area contributed by atoms with Gasteiger partial charge in [0.1, 0.15) is 5.60 Å². The molecule has 3 nitrogen and oxygen atoms in total. The van der Waals surface area contributed by atoms with E-state index in [2.05, 4.69) is 6.07 Å². The zero-order valence-corrected chi connectivity index (χ0v) is 13.4. The van der Waals surface area contributed by atoms with Crippen molar-refractivity contribution in [3.8, 4) is 17.2 Å². The molecule has 22 heavy (non-hydrogen) atoms. The fourth-order valence-electron chi connectivity index (χ4n) is 1.98. The lowest BCUT2D eigenvalue weighted by Crippen LogP contribution is -2.23. The molecule has 0 N–H and O–H groups in total. The van der Waals surface area contributed by atoms with Gasteiger partial charge in [-0.25, -0.2) is 4.79 Å². The molecule has 2 aromatic carbocycles. The van der Waals surface area contributed by atoms with E-state index in [1.807, 2.05) is 20.8 Å². The van der Waals surface area contributed by atoms with Crippen LogP contribution in [0.4, 0.5) is 0 Å². The lowest BCUT2D eigenvalue weighted by molar-refractivity contribution is 0.00696. The highest BCUT2D eigenvalue weighted by molar-refractivity contribution is 6.30. The molecular formula is C18H16ClNO2.